The summed E-state index contributed by atoms with van der Waals surface area (Å²) >= 11 is 6.47. The second-order valence-corrected chi connectivity index (χ2v) is 5.97. The van der Waals surface area contributed by atoms with Crippen molar-refractivity contribution in [2.45, 2.75) is 38.2 Å². The highest BCUT2D eigenvalue weighted by Crippen LogP contribution is 2.48. The van der Waals surface area contributed by atoms with Crippen LogP contribution < -0.4 is 0 Å². The molecular weight excluding hydrogens is 236 g/mol. The molecule has 2 rings (SSSR count). The lowest BCUT2D eigenvalue weighted by atomic mass is 9.81. The van der Waals surface area contributed by atoms with Gasteiger partial charge in [-0.05, 0) is 26.3 Å². The molecule has 2 atom stereocenters. The number of carbonyl (C=O) groups excluding carboxylic acids is 1. The van der Waals surface area contributed by atoms with E-state index in [9.17, 15) is 4.79 Å². The lowest BCUT2D eigenvalue weighted by molar-refractivity contribution is -0.152. The Morgan fingerprint density at radius 1 is 1.24 bits per heavy atom. The van der Waals surface area contributed by atoms with Gasteiger partial charge in [-0.3, -0.25) is 4.79 Å². The van der Waals surface area contributed by atoms with Crippen LogP contribution in [0.3, 0.4) is 0 Å². The quantitative estimate of drug-likeness (QED) is 0.593. The van der Waals surface area contributed by atoms with Crippen LogP contribution >= 0.6 is 11.6 Å². The topological polar surface area (TPSA) is 26.3 Å². The third kappa shape index (κ3) is 2.19. The number of carbonyl (C=O) groups is 1. The first-order valence-electron chi connectivity index (χ1n) is 5.78. The second kappa shape index (κ2) is 4.02. The summed E-state index contributed by atoms with van der Waals surface area (Å²) in [6, 6.07) is 9.75. The molecule has 92 valence electrons. The van der Waals surface area contributed by atoms with Crippen molar-refractivity contribution in [2.75, 3.05) is 0 Å². The van der Waals surface area contributed by atoms with Gasteiger partial charge in [0.05, 0.1) is 10.8 Å². The second-order valence-electron chi connectivity index (χ2n) is 5.54. The van der Waals surface area contributed by atoms with E-state index in [4.69, 9.17) is 16.3 Å². The van der Waals surface area contributed by atoms with Gasteiger partial charge >= 0.3 is 5.97 Å². The van der Waals surface area contributed by atoms with Gasteiger partial charge in [-0.2, -0.15) is 0 Å². The number of alkyl halides is 1. The first-order valence-corrected chi connectivity index (χ1v) is 6.21. The van der Waals surface area contributed by atoms with Crippen LogP contribution in [0.1, 0.15) is 38.1 Å². The molecule has 1 heterocycles. The number of hydrogen-bond acceptors (Lipinski definition) is 2. The van der Waals surface area contributed by atoms with Gasteiger partial charge in [-0.25, -0.2) is 0 Å². The third-order valence-electron chi connectivity index (χ3n) is 3.30. The molecule has 0 N–H and O–H groups in total. The maximum atomic E-state index is 11.8. The average Bonchev–Trinajstić information content (AvgIpc) is 2.49. The molecule has 0 unspecified atom stereocenters. The van der Waals surface area contributed by atoms with E-state index in [1.54, 1.807) is 0 Å². The Bertz CT molecular complexity index is 427. The molecule has 0 radical (unpaired) electrons. The van der Waals surface area contributed by atoms with Crippen LogP contribution in [0.4, 0.5) is 0 Å². The summed E-state index contributed by atoms with van der Waals surface area (Å²) < 4.78 is 5.51. The molecule has 3 heteroatoms. The molecule has 1 saturated heterocycles. The maximum absolute atomic E-state index is 11.8. The van der Waals surface area contributed by atoms with Gasteiger partial charge in [0.2, 0.25) is 0 Å². The molecule has 0 amide bonds. The maximum Gasteiger partial charge on any atom is 0.312 e. The first-order chi connectivity index (χ1) is 7.85. The lowest BCUT2D eigenvalue weighted by Gasteiger charge is -2.28. The van der Waals surface area contributed by atoms with Gasteiger partial charge in [-0.15, -0.1) is 11.6 Å². The molecule has 17 heavy (non-hydrogen) atoms. The summed E-state index contributed by atoms with van der Waals surface area (Å²) in [4.78, 5) is 11.8. The Labute approximate surface area is 107 Å². The Hall–Kier alpha value is -1.02. The minimum Gasteiger partial charge on any atom is -0.457 e. The third-order valence-corrected chi connectivity index (χ3v) is 4.01. The molecule has 0 saturated carbocycles. The van der Waals surface area contributed by atoms with E-state index >= 15 is 0 Å². The largest absolute Gasteiger partial charge is 0.457 e. The molecule has 1 aromatic carbocycles. The van der Waals surface area contributed by atoms with Gasteiger partial charge in [0, 0.05) is 6.42 Å². The molecule has 1 aromatic rings. The number of esters is 1. The van der Waals surface area contributed by atoms with Crippen molar-refractivity contribution in [3.63, 3.8) is 0 Å². The summed E-state index contributed by atoms with van der Waals surface area (Å²) in [5, 5.41) is -0.311. The number of ether oxygens (including phenoxy) is 1. The van der Waals surface area contributed by atoms with Crippen molar-refractivity contribution >= 4 is 17.6 Å². The fourth-order valence-electron chi connectivity index (χ4n) is 2.45. The van der Waals surface area contributed by atoms with E-state index in [-0.39, 0.29) is 11.3 Å². The summed E-state index contributed by atoms with van der Waals surface area (Å²) in [6.45, 7) is 5.70. The number of benzene rings is 1. The standard InChI is InChI=1S/C14H17ClO2/c1-13(2)9-14(3,17-12(13)16)11(15)10-7-5-4-6-8-10/h4-8,11H,9H2,1-3H3/t11-,14-/m0/s1. The van der Waals surface area contributed by atoms with Gasteiger partial charge in [0.25, 0.3) is 0 Å². The Morgan fingerprint density at radius 2 is 1.82 bits per heavy atom. The average molecular weight is 253 g/mol. The number of hydrogen-bond donors (Lipinski definition) is 0. The molecule has 0 aromatic heterocycles. The minimum atomic E-state index is -0.622. The van der Waals surface area contributed by atoms with Gasteiger partial charge < -0.3 is 4.74 Å². The predicted octanol–water partition coefficient (Wildman–Crippen LogP) is 3.70. The molecule has 0 aliphatic carbocycles. The Morgan fingerprint density at radius 3 is 2.29 bits per heavy atom. The van der Waals surface area contributed by atoms with Gasteiger partial charge in [-0.1, -0.05) is 30.3 Å². The highest BCUT2D eigenvalue weighted by molar-refractivity contribution is 6.21. The monoisotopic (exact) mass is 252 g/mol. The molecule has 1 fully saturated rings. The normalized spacial score (nSPS) is 28.8. The highest BCUT2D eigenvalue weighted by atomic mass is 35.5. The van der Waals surface area contributed by atoms with Gasteiger partial charge in [0.1, 0.15) is 5.60 Å². The van der Waals surface area contributed by atoms with Crippen LogP contribution in [0.5, 0.6) is 0 Å². The van der Waals surface area contributed by atoms with E-state index in [0.29, 0.717) is 6.42 Å². The number of cyclic esters (lactones) is 1. The minimum absolute atomic E-state index is 0.165. The van der Waals surface area contributed by atoms with Crippen LogP contribution in [-0.2, 0) is 9.53 Å². The van der Waals surface area contributed by atoms with Crippen molar-refractivity contribution in [1.29, 1.82) is 0 Å². The number of halogens is 1. The van der Waals surface area contributed by atoms with Crippen LogP contribution in [0.2, 0.25) is 0 Å². The molecule has 1 aliphatic rings. The highest BCUT2D eigenvalue weighted by Gasteiger charge is 2.52. The van der Waals surface area contributed by atoms with Crippen molar-refractivity contribution in [3.8, 4) is 0 Å². The van der Waals surface area contributed by atoms with Crippen molar-refractivity contribution in [3.05, 3.63) is 35.9 Å². The smallest absolute Gasteiger partial charge is 0.312 e. The molecular formula is C14H17ClO2. The zero-order valence-corrected chi connectivity index (χ0v) is 11.1. The molecule has 2 nitrogen and oxygen atoms in total. The first kappa shape index (κ1) is 12.4. The van der Waals surface area contributed by atoms with E-state index in [1.165, 1.54) is 0 Å². The fraction of sp³-hybridized carbons (Fsp3) is 0.500. The summed E-state index contributed by atoms with van der Waals surface area (Å²) in [7, 11) is 0. The zero-order valence-electron chi connectivity index (χ0n) is 10.4. The molecule has 0 bridgehead atoms. The zero-order chi connectivity index (χ0) is 12.7. The predicted molar refractivity (Wildman–Crippen MR) is 67.9 cm³/mol. The van der Waals surface area contributed by atoms with E-state index in [2.05, 4.69) is 0 Å². The van der Waals surface area contributed by atoms with Crippen LogP contribution in [0, 0.1) is 5.41 Å². The summed E-state index contributed by atoms with van der Waals surface area (Å²) in [6.07, 6.45) is 0.641. The van der Waals surface area contributed by atoms with E-state index in [1.807, 2.05) is 51.1 Å². The van der Waals surface area contributed by atoms with E-state index in [0.717, 1.165) is 5.56 Å². The van der Waals surface area contributed by atoms with Crippen molar-refractivity contribution < 1.29 is 9.53 Å². The fourth-order valence-corrected chi connectivity index (χ4v) is 2.72. The molecule has 0 spiro atoms. The Kier molecular flexibility index (Phi) is 2.94. The van der Waals surface area contributed by atoms with E-state index < -0.39 is 11.0 Å². The van der Waals surface area contributed by atoms with Crippen molar-refractivity contribution in [1.82, 2.24) is 0 Å². The summed E-state index contributed by atoms with van der Waals surface area (Å²) in [5.74, 6) is -0.165. The van der Waals surface area contributed by atoms with Crippen molar-refractivity contribution in [2.24, 2.45) is 5.41 Å². The number of rotatable bonds is 2. The van der Waals surface area contributed by atoms with Gasteiger partial charge in [0.15, 0.2) is 0 Å². The van der Waals surface area contributed by atoms with Crippen LogP contribution in [-0.4, -0.2) is 11.6 Å². The SMILES string of the molecule is CC1(C)C[C@@](C)([C@@H](Cl)c2ccccc2)OC1=O. The lowest BCUT2D eigenvalue weighted by Crippen LogP contribution is -2.30. The molecule has 1 aliphatic heterocycles. The van der Waals surface area contributed by atoms with Crippen LogP contribution in [0.15, 0.2) is 30.3 Å². The summed E-state index contributed by atoms with van der Waals surface area (Å²) in [5.41, 5.74) is -0.0812. The Balaban J connectivity index is 2.27. The van der Waals surface area contributed by atoms with Crippen LogP contribution in [0.25, 0.3) is 0 Å².